The van der Waals surface area contributed by atoms with Crippen molar-refractivity contribution in [1.29, 1.82) is 0 Å². The minimum atomic E-state index is -2.86. The van der Waals surface area contributed by atoms with Gasteiger partial charge in [-0.2, -0.15) is 0 Å². The van der Waals surface area contributed by atoms with Gasteiger partial charge in [0.1, 0.15) is 0 Å². The van der Waals surface area contributed by atoms with Crippen molar-refractivity contribution in [3.8, 4) is 0 Å². The second-order valence-electron chi connectivity index (χ2n) is 2.54. The summed E-state index contributed by atoms with van der Waals surface area (Å²) >= 11 is 0. The van der Waals surface area contributed by atoms with E-state index in [1.54, 1.807) is 0 Å². The molecule has 0 aromatic rings. The average Bonchev–Trinajstić information content (AvgIpc) is 2.01. The van der Waals surface area contributed by atoms with E-state index in [-0.39, 0.29) is 87.4 Å². The van der Waals surface area contributed by atoms with Crippen molar-refractivity contribution in [3.63, 3.8) is 0 Å². The molecule has 0 rings (SSSR count). The summed E-state index contributed by atoms with van der Waals surface area (Å²) in [7, 11) is 0. The van der Waals surface area contributed by atoms with Gasteiger partial charge in [0.15, 0.2) is 5.60 Å². The maximum Gasteiger partial charge on any atom is 1.00 e. The van der Waals surface area contributed by atoms with Gasteiger partial charge in [-0.05, 0) is 0 Å². The zero-order chi connectivity index (χ0) is 13.4. The Bertz CT molecular complexity index is 277. The Morgan fingerprint density at radius 3 is 1.44 bits per heavy atom. The van der Waals surface area contributed by atoms with Crippen molar-refractivity contribution in [1.82, 2.24) is 0 Å². The molecule has 92 valence electrons. The number of carbonyl (C=O) groups is 4. The number of carboxylic acids is 3. The predicted octanol–water partition coefficient (Wildman–Crippen LogP) is -10.2. The molecule has 0 heterocycles. The van der Waals surface area contributed by atoms with E-state index in [9.17, 15) is 24.6 Å². The molecule has 11 heteroatoms. The van der Waals surface area contributed by atoms with Crippen LogP contribution >= 0.6 is 0 Å². The Morgan fingerprint density at radius 1 is 1.11 bits per heavy atom. The molecule has 9 nitrogen and oxygen atoms in total. The first-order chi connectivity index (χ1) is 7.19. The van der Waals surface area contributed by atoms with Crippen molar-refractivity contribution < 1.29 is 126 Å². The predicted molar refractivity (Wildman–Crippen MR) is 40.5 cm³/mol. The maximum atomic E-state index is 10.3. The van der Waals surface area contributed by atoms with Gasteiger partial charge in [-0.25, -0.2) is 4.79 Å². The minimum Gasteiger partial charge on any atom is -0.550 e. The number of carbonyl (C=O) groups excluding carboxylic acids is 2. The fraction of sp³-hybridized carbons (Fsp3) is 0.429. The molecule has 0 amide bonds. The molecule has 0 aliphatic rings. The van der Waals surface area contributed by atoms with Gasteiger partial charge in [0.2, 0.25) is 0 Å². The van der Waals surface area contributed by atoms with Crippen LogP contribution in [-0.2, 0) is 19.2 Å². The van der Waals surface area contributed by atoms with Crippen molar-refractivity contribution >= 4 is 24.4 Å². The van der Waals surface area contributed by atoms with E-state index in [1.165, 1.54) is 0 Å². The summed E-state index contributed by atoms with van der Waals surface area (Å²) in [5, 5.41) is 44.1. The van der Waals surface area contributed by atoms with Gasteiger partial charge in [0.05, 0.1) is 0 Å². The normalized spacial score (nSPS) is 8.50. The van der Waals surface area contributed by atoms with Crippen LogP contribution in [0.4, 0.5) is 0 Å². The second-order valence-corrected chi connectivity index (χ2v) is 2.54. The van der Waals surface area contributed by atoms with Gasteiger partial charge in [-0.3, -0.25) is 4.79 Å². The number of aliphatic hydroxyl groups is 1. The summed E-state index contributed by atoms with van der Waals surface area (Å²) in [4.78, 5) is 38.5. The summed E-state index contributed by atoms with van der Waals surface area (Å²) in [6.07, 6.45) is -2.59. The van der Waals surface area contributed by atoms with E-state index < -0.39 is 36.4 Å². The van der Waals surface area contributed by atoms with Crippen LogP contribution in [0.3, 0.4) is 0 Å². The Balaban J connectivity index is -0.000000177. The van der Waals surface area contributed by atoms with E-state index in [0.29, 0.717) is 0 Å². The molecule has 0 aromatic heterocycles. The molecule has 0 spiro atoms. The van der Waals surface area contributed by atoms with Crippen molar-refractivity contribution in [3.05, 3.63) is 0 Å². The van der Waals surface area contributed by atoms with Crippen molar-refractivity contribution in [2.45, 2.75) is 18.4 Å². The molecule has 0 unspecified atom stereocenters. The van der Waals surface area contributed by atoms with Gasteiger partial charge in [0.25, 0.3) is 6.47 Å². The first-order valence-corrected chi connectivity index (χ1v) is 3.63. The van der Waals surface area contributed by atoms with Gasteiger partial charge >= 0.3 is 86.9 Å². The quantitative estimate of drug-likeness (QED) is 0.328. The van der Waals surface area contributed by atoms with Crippen LogP contribution < -0.4 is 91.2 Å². The molecular formula is C7H8KNaO9. The monoisotopic (exact) mass is 298 g/mol. The second kappa shape index (κ2) is 13.9. The maximum absolute atomic E-state index is 10.3. The van der Waals surface area contributed by atoms with Crippen LogP contribution in [0.5, 0.6) is 0 Å². The van der Waals surface area contributed by atoms with E-state index in [2.05, 4.69) is 0 Å². The summed E-state index contributed by atoms with van der Waals surface area (Å²) in [5.74, 6) is -5.65. The average molecular weight is 298 g/mol. The van der Waals surface area contributed by atoms with Crippen LogP contribution in [0.15, 0.2) is 0 Å². The van der Waals surface area contributed by atoms with E-state index in [4.69, 9.17) is 20.1 Å². The molecular weight excluding hydrogens is 290 g/mol. The first-order valence-electron chi connectivity index (χ1n) is 3.63. The molecule has 0 saturated heterocycles. The van der Waals surface area contributed by atoms with Gasteiger partial charge in [-0.15, -0.1) is 0 Å². The molecule has 0 saturated carbocycles. The number of hydrogen-bond donors (Lipinski definition) is 3. The largest absolute Gasteiger partial charge is 1.00 e. The molecule has 18 heavy (non-hydrogen) atoms. The van der Waals surface area contributed by atoms with Crippen LogP contribution in [0.25, 0.3) is 0 Å². The summed E-state index contributed by atoms with van der Waals surface area (Å²) in [6, 6.07) is 0. The SMILES string of the molecule is O=C([O-])CC(O)(CC(=O)[O-])C(=O)O.O=CO.[K+].[Na+]. The summed E-state index contributed by atoms with van der Waals surface area (Å²) in [6.45, 7) is -0.250. The van der Waals surface area contributed by atoms with Gasteiger partial charge < -0.3 is 35.1 Å². The van der Waals surface area contributed by atoms with Crippen molar-refractivity contribution in [2.75, 3.05) is 0 Å². The number of aliphatic carboxylic acids is 3. The third kappa shape index (κ3) is 14.5. The smallest absolute Gasteiger partial charge is 0.550 e. The van der Waals surface area contributed by atoms with Gasteiger partial charge in [-0.1, -0.05) is 0 Å². The Kier molecular flexibility index (Phi) is 20.8. The Labute approximate surface area is 166 Å². The van der Waals surface area contributed by atoms with E-state index >= 15 is 0 Å². The Morgan fingerprint density at radius 2 is 1.33 bits per heavy atom. The number of hydrogen-bond acceptors (Lipinski definition) is 7. The fourth-order valence-electron chi connectivity index (χ4n) is 0.691. The molecule has 0 atom stereocenters. The van der Waals surface area contributed by atoms with Gasteiger partial charge in [0, 0.05) is 24.8 Å². The van der Waals surface area contributed by atoms with E-state index in [1.807, 2.05) is 0 Å². The molecule has 0 fully saturated rings. The number of carboxylic acid groups (broad SMARTS) is 4. The Hall–Kier alpha value is 0.476. The molecule has 0 aromatic carbocycles. The van der Waals surface area contributed by atoms with Crippen molar-refractivity contribution in [2.24, 2.45) is 0 Å². The molecule has 0 aliphatic heterocycles. The van der Waals surface area contributed by atoms with Crippen LogP contribution in [0, 0.1) is 0 Å². The zero-order valence-electron chi connectivity index (χ0n) is 9.78. The molecule has 3 N–H and O–H groups in total. The number of rotatable bonds is 5. The van der Waals surface area contributed by atoms with Crippen LogP contribution in [-0.4, -0.2) is 45.3 Å². The first kappa shape index (κ1) is 26.9. The standard InChI is InChI=1S/C6H8O7.CH2O2.K.Na/c7-3(8)1-6(13,5(11)12)2-4(9)10;2-1-3;;/h13H,1-2H2,(H,7,8)(H,9,10)(H,11,12);1H,(H,2,3);;/q;;2*+1/p-2. The van der Waals surface area contributed by atoms with E-state index in [0.717, 1.165) is 0 Å². The van der Waals surface area contributed by atoms with Crippen LogP contribution in [0.1, 0.15) is 12.8 Å². The summed E-state index contributed by atoms with van der Waals surface area (Å²) < 4.78 is 0. The van der Waals surface area contributed by atoms with Crippen LogP contribution in [0.2, 0.25) is 0 Å². The third-order valence-electron chi connectivity index (χ3n) is 1.27. The third-order valence-corrected chi connectivity index (χ3v) is 1.27. The topological polar surface area (TPSA) is 175 Å². The molecule has 0 aliphatic carbocycles. The molecule has 0 radical (unpaired) electrons. The minimum absolute atomic E-state index is 0. The zero-order valence-corrected chi connectivity index (χ0v) is 14.9. The molecule has 0 bridgehead atoms. The fourth-order valence-corrected chi connectivity index (χ4v) is 0.691. The summed E-state index contributed by atoms with van der Waals surface area (Å²) in [5.41, 5.74) is -2.86.